The number of nitrogens with zero attached hydrogens (tertiary/aromatic N) is 2. The molecule has 0 aliphatic heterocycles. The fourth-order valence-electron chi connectivity index (χ4n) is 1.96. The third-order valence-corrected chi connectivity index (χ3v) is 4.63. The molecule has 0 amide bonds. The van der Waals surface area contributed by atoms with Gasteiger partial charge in [-0.05, 0) is 19.4 Å². The summed E-state index contributed by atoms with van der Waals surface area (Å²) in [6.45, 7) is 4.22. The average molecular weight is 387 g/mol. The molecule has 1 aromatic rings. The molecular formula is C15H25N5O5S. The number of aliphatic imine (C=N–C) groups is 1. The molecule has 0 aliphatic rings. The van der Waals surface area contributed by atoms with E-state index in [1.54, 1.807) is 7.11 Å². The van der Waals surface area contributed by atoms with Gasteiger partial charge in [-0.15, -0.1) is 0 Å². The van der Waals surface area contributed by atoms with Crippen molar-refractivity contribution in [3.63, 3.8) is 0 Å². The van der Waals surface area contributed by atoms with Gasteiger partial charge in [0, 0.05) is 52.0 Å². The molecule has 0 aromatic heterocycles. The number of non-ortho nitro benzene ring substituents is 1. The van der Waals surface area contributed by atoms with Gasteiger partial charge in [0.15, 0.2) is 5.96 Å². The standard InChI is InChI=1S/C15H25N5O5S/c1-3-16-15(17-8-5-11-25-2)18-9-10-19-26(23,24)14-7-4-6-13(12-14)20(21)22/h4,6-7,12,19H,3,5,8-11H2,1-2H3,(H2,16,17,18). The van der Waals surface area contributed by atoms with Crippen molar-refractivity contribution in [2.75, 3.05) is 39.9 Å². The van der Waals surface area contributed by atoms with Gasteiger partial charge in [-0.2, -0.15) is 0 Å². The van der Waals surface area contributed by atoms with Gasteiger partial charge in [0.1, 0.15) is 0 Å². The van der Waals surface area contributed by atoms with Crippen molar-refractivity contribution >= 4 is 21.7 Å². The topological polar surface area (TPSA) is 135 Å². The molecule has 0 heterocycles. The van der Waals surface area contributed by atoms with Crippen molar-refractivity contribution < 1.29 is 18.1 Å². The third kappa shape index (κ3) is 7.76. The van der Waals surface area contributed by atoms with E-state index in [9.17, 15) is 18.5 Å². The highest BCUT2D eigenvalue weighted by atomic mass is 32.2. The number of nitro groups is 1. The highest BCUT2D eigenvalue weighted by Crippen LogP contribution is 2.16. The van der Waals surface area contributed by atoms with Crippen molar-refractivity contribution in [3.05, 3.63) is 34.4 Å². The van der Waals surface area contributed by atoms with E-state index in [-0.39, 0.29) is 17.1 Å². The van der Waals surface area contributed by atoms with Crippen LogP contribution in [-0.2, 0) is 14.8 Å². The highest BCUT2D eigenvalue weighted by molar-refractivity contribution is 7.89. The summed E-state index contributed by atoms with van der Waals surface area (Å²) in [7, 11) is -2.20. The summed E-state index contributed by atoms with van der Waals surface area (Å²) in [5.74, 6) is 0.582. The van der Waals surface area contributed by atoms with Crippen LogP contribution in [0.5, 0.6) is 0 Å². The molecule has 0 atom stereocenters. The van der Waals surface area contributed by atoms with Gasteiger partial charge in [-0.1, -0.05) is 6.07 Å². The van der Waals surface area contributed by atoms with Crippen molar-refractivity contribution in [1.29, 1.82) is 0 Å². The Hall–Kier alpha value is -2.24. The molecule has 26 heavy (non-hydrogen) atoms. The number of sulfonamides is 1. The second-order valence-corrected chi connectivity index (χ2v) is 6.95. The number of nitrogens with one attached hydrogen (secondary N) is 3. The van der Waals surface area contributed by atoms with Crippen LogP contribution in [0.2, 0.25) is 0 Å². The molecule has 0 spiro atoms. The average Bonchev–Trinajstić information content (AvgIpc) is 2.62. The van der Waals surface area contributed by atoms with Crippen LogP contribution in [0.25, 0.3) is 0 Å². The first kappa shape index (κ1) is 21.8. The molecule has 1 rings (SSSR count). The Morgan fingerprint density at radius 1 is 1.31 bits per heavy atom. The number of benzene rings is 1. The largest absolute Gasteiger partial charge is 0.385 e. The van der Waals surface area contributed by atoms with Gasteiger partial charge in [0.05, 0.1) is 9.82 Å². The first-order valence-corrected chi connectivity index (χ1v) is 9.64. The van der Waals surface area contributed by atoms with Crippen LogP contribution in [0.3, 0.4) is 0 Å². The number of methoxy groups -OCH3 is 1. The molecule has 0 radical (unpaired) electrons. The Morgan fingerprint density at radius 2 is 2.08 bits per heavy atom. The maximum absolute atomic E-state index is 12.2. The SMILES string of the molecule is CCNC(=NCCCOC)NCCNS(=O)(=O)c1cccc([N+](=O)[O-])c1. The minimum atomic E-state index is -3.82. The van der Waals surface area contributed by atoms with Crippen molar-refractivity contribution in [1.82, 2.24) is 15.4 Å². The summed E-state index contributed by atoms with van der Waals surface area (Å²) < 4.78 is 31.8. The molecule has 0 unspecified atom stereocenters. The normalized spacial score (nSPS) is 12.0. The Kier molecular flexibility index (Phi) is 9.55. The molecule has 3 N–H and O–H groups in total. The molecule has 146 valence electrons. The van der Waals surface area contributed by atoms with Gasteiger partial charge in [0.2, 0.25) is 10.0 Å². The van der Waals surface area contributed by atoms with Gasteiger partial charge < -0.3 is 15.4 Å². The third-order valence-electron chi connectivity index (χ3n) is 3.17. The van der Waals surface area contributed by atoms with Crippen LogP contribution in [-0.4, -0.2) is 59.2 Å². The predicted octanol–water partition coefficient (Wildman–Crippen LogP) is 0.465. The summed E-state index contributed by atoms with van der Waals surface area (Å²) in [4.78, 5) is 14.3. The lowest BCUT2D eigenvalue weighted by Crippen LogP contribution is -2.41. The van der Waals surface area contributed by atoms with Gasteiger partial charge in [0.25, 0.3) is 5.69 Å². The predicted molar refractivity (Wildman–Crippen MR) is 98.8 cm³/mol. The van der Waals surface area contributed by atoms with Gasteiger partial charge >= 0.3 is 0 Å². The quantitative estimate of drug-likeness (QED) is 0.165. The number of nitro benzene ring substituents is 1. The van der Waals surface area contributed by atoms with Crippen LogP contribution < -0.4 is 15.4 Å². The fraction of sp³-hybridized carbons (Fsp3) is 0.533. The zero-order valence-corrected chi connectivity index (χ0v) is 15.7. The summed E-state index contributed by atoms with van der Waals surface area (Å²) >= 11 is 0. The van der Waals surface area contributed by atoms with E-state index in [2.05, 4.69) is 20.3 Å². The molecule has 0 aliphatic carbocycles. The molecule has 10 nitrogen and oxygen atoms in total. The second-order valence-electron chi connectivity index (χ2n) is 5.19. The Morgan fingerprint density at radius 3 is 2.73 bits per heavy atom. The summed E-state index contributed by atoms with van der Waals surface area (Å²) in [5, 5.41) is 16.8. The van der Waals surface area contributed by atoms with E-state index < -0.39 is 14.9 Å². The van der Waals surface area contributed by atoms with Crippen molar-refractivity contribution in [3.8, 4) is 0 Å². The summed E-state index contributed by atoms with van der Waals surface area (Å²) in [5.41, 5.74) is -0.274. The van der Waals surface area contributed by atoms with Crippen molar-refractivity contribution in [2.45, 2.75) is 18.2 Å². The fourth-order valence-corrected chi connectivity index (χ4v) is 3.03. The number of rotatable bonds is 11. The number of ether oxygens (including phenoxy) is 1. The minimum Gasteiger partial charge on any atom is -0.385 e. The van der Waals surface area contributed by atoms with Crippen LogP contribution in [0.15, 0.2) is 34.2 Å². The number of guanidine groups is 1. The Labute approximate surface area is 153 Å². The highest BCUT2D eigenvalue weighted by Gasteiger charge is 2.16. The number of hydrogen-bond acceptors (Lipinski definition) is 6. The van der Waals surface area contributed by atoms with E-state index in [0.717, 1.165) is 12.5 Å². The molecule has 0 fully saturated rings. The first-order chi connectivity index (χ1) is 12.4. The smallest absolute Gasteiger partial charge is 0.270 e. The van der Waals surface area contributed by atoms with Crippen molar-refractivity contribution in [2.24, 2.45) is 4.99 Å². The summed E-state index contributed by atoms with van der Waals surface area (Å²) in [6, 6.07) is 4.91. The Balaban J connectivity index is 2.54. The number of hydrogen-bond donors (Lipinski definition) is 3. The second kappa shape index (κ2) is 11.4. The maximum Gasteiger partial charge on any atom is 0.270 e. The zero-order chi connectivity index (χ0) is 19.4. The lowest BCUT2D eigenvalue weighted by molar-refractivity contribution is -0.385. The molecule has 11 heteroatoms. The molecular weight excluding hydrogens is 362 g/mol. The molecule has 0 saturated heterocycles. The lowest BCUT2D eigenvalue weighted by atomic mass is 10.3. The Bertz CT molecular complexity index is 708. The van der Waals surface area contributed by atoms with E-state index in [1.807, 2.05) is 6.92 Å². The molecule has 1 aromatic carbocycles. The minimum absolute atomic E-state index is 0.105. The van der Waals surface area contributed by atoms with Gasteiger partial charge in [-0.25, -0.2) is 13.1 Å². The summed E-state index contributed by atoms with van der Waals surface area (Å²) in [6.07, 6.45) is 0.784. The van der Waals surface area contributed by atoms with Crippen LogP contribution in [0.1, 0.15) is 13.3 Å². The lowest BCUT2D eigenvalue weighted by Gasteiger charge is -2.12. The van der Waals surface area contributed by atoms with Crippen LogP contribution in [0, 0.1) is 10.1 Å². The van der Waals surface area contributed by atoms with Gasteiger partial charge in [-0.3, -0.25) is 15.1 Å². The van der Waals surface area contributed by atoms with E-state index in [1.165, 1.54) is 18.2 Å². The monoisotopic (exact) mass is 387 g/mol. The van der Waals surface area contributed by atoms with E-state index in [4.69, 9.17) is 4.74 Å². The molecule has 0 bridgehead atoms. The first-order valence-electron chi connectivity index (χ1n) is 8.16. The van der Waals surface area contributed by atoms with Crippen LogP contribution >= 0.6 is 0 Å². The van der Waals surface area contributed by atoms with E-state index in [0.29, 0.717) is 32.2 Å². The zero-order valence-electron chi connectivity index (χ0n) is 14.9. The van der Waals surface area contributed by atoms with E-state index >= 15 is 0 Å². The molecule has 0 saturated carbocycles. The maximum atomic E-state index is 12.2. The van der Waals surface area contributed by atoms with Crippen LogP contribution in [0.4, 0.5) is 5.69 Å².